The molecule has 0 radical (unpaired) electrons. The van der Waals surface area contributed by atoms with Crippen LogP contribution in [0.4, 0.5) is 4.39 Å². The first-order valence-corrected chi connectivity index (χ1v) is 5.43. The van der Waals surface area contributed by atoms with Gasteiger partial charge in [-0.2, -0.15) is 0 Å². The summed E-state index contributed by atoms with van der Waals surface area (Å²) in [5.74, 6) is 0.228. The van der Waals surface area contributed by atoms with E-state index in [1.54, 1.807) is 18.3 Å². The lowest BCUT2D eigenvalue weighted by atomic mass is 10.1. The molecule has 0 aliphatic rings. The first kappa shape index (κ1) is 11.7. The van der Waals surface area contributed by atoms with Crippen molar-refractivity contribution >= 4 is 0 Å². The molecule has 17 heavy (non-hydrogen) atoms. The highest BCUT2D eigenvalue weighted by molar-refractivity contribution is 5.55. The summed E-state index contributed by atoms with van der Waals surface area (Å²) in [5, 5.41) is 0. The average molecular weight is 231 g/mol. The molecule has 0 amide bonds. The average Bonchev–Trinajstić information content (AvgIpc) is 2.28. The molecule has 0 fully saturated rings. The lowest BCUT2D eigenvalue weighted by molar-refractivity contribution is 0.628. The zero-order chi connectivity index (χ0) is 12.4. The lowest BCUT2D eigenvalue weighted by Gasteiger charge is -2.09. The van der Waals surface area contributed by atoms with Crippen molar-refractivity contribution in [3.05, 3.63) is 47.5 Å². The van der Waals surface area contributed by atoms with Crippen LogP contribution in [0.5, 0.6) is 0 Å². The summed E-state index contributed by atoms with van der Waals surface area (Å²) in [7, 11) is 0. The minimum absolute atomic E-state index is 0.100. The molecule has 0 spiro atoms. The van der Waals surface area contributed by atoms with Crippen molar-refractivity contribution in [1.29, 1.82) is 0 Å². The predicted molar refractivity (Wildman–Crippen MR) is 64.8 cm³/mol. The van der Waals surface area contributed by atoms with Gasteiger partial charge in [-0.1, -0.05) is 12.1 Å². The molecule has 2 rings (SSSR count). The Morgan fingerprint density at radius 2 is 2.12 bits per heavy atom. The SMILES string of the molecule is Cc1nc(-c2cccc(F)c2)ncc1[C@H](C)N. The Balaban J connectivity index is 2.44. The molecule has 0 aliphatic heterocycles. The van der Waals surface area contributed by atoms with E-state index in [0.717, 1.165) is 11.3 Å². The van der Waals surface area contributed by atoms with Gasteiger partial charge in [0.1, 0.15) is 5.82 Å². The number of nitrogens with two attached hydrogens (primary N) is 1. The van der Waals surface area contributed by atoms with Crippen molar-refractivity contribution in [2.75, 3.05) is 0 Å². The molecule has 3 nitrogen and oxygen atoms in total. The summed E-state index contributed by atoms with van der Waals surface area (Å²) in [4.78, 5) is 8.56. The summed E-state index contributed by atoms with van der Waals surface area (Å²) in [6.45, 7) is 3.76. The maximum atomic E-state index is 13.1. The molecular weight excluding hydrogens is 217 g/mol. The summed E-state index contributed by atoms with van der Waals surface area (Å²) in [6.07, 6.45) is 1.70. The molecule has 2 aromatic rings. The Bertz CT molecular complexity index is 538. The Hall–Kier alpha value is -1.81. The second kappa shape index (κ2) is 4.59. The number of rotatable bonds is 2. The van der Waals surface area contributed by atoms with Gasteiger partial charge < -0.3 is 5.73 Å². The van der Waals surface area contributed by atoms with Crippen LogP contribution in [0.25, 0.3) is 11.4 Å². The van der Waals surface area contributed by atoms with Gasteiger partial charge in [0.2, 0.25) is 0 Å². The van der Waals surface area contributed by atoms with Crippen molar-refractivity contribution in [3.63, 3.8) is 0 Å². The number of halogens is 1. The van der Waals surface area contributed by atoms with E-state index in [2.05, 4.69) is 9.97 Å². The van der Waals surface area contributed by atoms with E-state index < -0.39 is 0 Å². The fraction of sp³-hybridized carbons (Fsp3) is 0.231. The molecular formula is C13H14FN3. The van der Waals surface area contributed by atoms with Gasteiger partial charge in [-0.3, -0.25) is 0 Å². The first-order chi connectivity index (χ1) is 8.08. The third kappa shape index (κ3) is 2.47. The van der Waals surface area contributed by atoms with Gasteiger partial charge in [-0.25, -0.2) is 14.4 Å². The fourth-order valence-electron chi connectivity index (χ4n) is 1.69. The molecule has 0 aliphatic carbocycles. The second-order valence-corrected chi connectivity index (χ2v) is 4.03. The van der Waals surface area contributed by atoms with Crippen LogP contribution in [-0.4, -0.2) is 9.97 Å². The van der Waals surface area contributed by atoms with Gasteiger partial charge in [0.15, 0.2) is 5.82 Å². The van der Waals surface area contributed by atoms with E-state index in [9.17, 15) is 4.39 Å². The Morgan fingerprint density at radius 1 is 1.35 bits per heavy atom. The molecule has 1 atom stereocenters. The molecule has 2 N–H and O–H groups in total. The first-order valence-electron chi connectivity index (χ1n) is 5.43. The van der Waals surface area contributed by atoms with Crippen LogP contribution < -0.4 is 5.73 Å². The molecule has 0 unspecified atom stereocenters. The topological polar surface area (TPSA) is 51.8 Å². The predicted octanol–water partition coefficient (Wildman–Crippen LogP) is 2.61. The number of nitrogens with zero attached hydrogens (tertiary/aromatic N) is 2. The molecule has 4 heteroatoms. The van der Waals surface area contributed by atoms with Crippen molar-refractivity contribution in [2.24, 2.45) is 5.73 Å². The quantitative estimate of drug-likeness (QED) is 0.864. The van der Waals surface area contributed by atoms with Crippen LogP contribution >= 0.6 is 0 Å². The minimum atomic E-state index is -0.292. The second-order valence-electron chi connectivity index (χ2n) is 4.03. The largest absolute Gasteiger partial charge is 0.324 e. The number of hydrogen-bond donors (Lipinski definition) is 1. The zero-order valence-corrected chi connectivity index (χ0v) is 9.81. The van der Waals surface area contributed by atoms with Crippen LogP contribution in [0, 0.1) is 12.7 Å². The van der Waals surface area contributed by atoms with Crippen molar-refractivity contribution < 1.29 is 4.39 Å². The smallest absolute Gasteiger partial charge is 0.159 e. The Morgan fingerprint density at radius 3 is 2.71 bits per heavy atom. The summed E-state index contributed by atoms with van der Waals surface area (Å²) in [6, 6.07) is 6.13. The van der Waals surface area contributed by atoms with E-state index in [0.29, 0.717) is 11.4 Å². The lowest BCUT2D eigenvalue weighted by Crippen LogP contribution is -2.09. The maximum Gasteiger partial charge on any atom is 0.159 e. The van der Waals surface area contributed by atoms with Gasteiger partial charge in [0.25, 0.3) is 0 Å². The summed E-state index contributed by atoms with van der Waals surface area (Å²) < 4.78 is 13.1. The van der Waals surface area contributed by atoms with E-state index in [4.69, 9.17) is 5.73 Å². The molecule has 88 valence electrons. The van der Waals surface area contributed by atoms with Crippen molar-refractivity contribution in [3.8, 4) is 11.4 Å². The molecule has 1 aromatic heterocycles. The number of aryl methyl sites for hydroxylation is 1. The zero-order valence-electron chi connectivity index (χ0n) is 9.81. The third-order valence-corrected chi connectivity index (χ3v) is 2.59. The van der Waals surface area contributed by atoms with E-state index in [-0.39, 0.29) is 11.9 Å². The van der Waals surface area contributed by atoms with Crippen molar-refractivity contribution in [2.45, 2.75) is 19.9 Å². The normalized spacial score (nSPS) is 12.5. The monoisotopic (exact) mass is 231 g/mol. The van der Waals surface area contributed by atoms with Gasteiger partial charge in [0.05, 0.1) is 0 Å². The summed E-state index contributed by atoms with van der Waals surface area (Å²) >= 11 is 0. The van der Waals surface area contributed by atoms with E-state index in [1.807, 2.05) is 13.8 Å². The number of aromatic nitrogens is 2. The maximum absolute atomic E-state index is 13.1. The van der Waals surface area contributed by atoms with Crippen LogP contribution in [-0.2, 0) is 0 Å². The van der Waals surface area contributed by atoms with Crippen LogP contribution in [0.1, 0.15) is 24.2 Å². The molecule has 1 aromatic carbocycles. The summed E-state index contributed by atoms with van der Waals surface area (Å²) in [5.41, 5.74) is 8.19. The molecule has 0 saturated heterocycles. The van der Waals surface area contributed by atoms with E-state index in [1.165, 1.54) is 12.1 Å². The van der Waals surface area contributed by atoms with Crippen LogP contribution in [0.2, 0.25) is 0 Å². The van der Waals surface area contributed by atoms with Crippen molar-refractivity contribution in [1.82, 2.24) is 9.97 Å². The molecule has 0 saturated carbocycles. The third-order valence-electron chi connectivity index (χ3n) is 2.59. The van der Waals surface area contributed by atoms with Gasteiger partial charge in [0, 0.05) is 29.1 Å². The molecule has 0 bridgehead atoms. The van der Waals surface area contributed by atoms with Crippen LogP contribution in [0.3, 0.4) is 0 Å². The van der Waals surface area contributed by atoms with Gasteiger partial charge in [-0.15, -0.1) is 0 Å². The minimum Gasteiger partial charge on any atom is -0.324 e. The van der Waals surface area contributed by atoms with Crippen LogP contribution in [0.15, 0.2) is 30.5 Å². The standard InChI is InChI=1S/C13H14FN3/c1-8(15)12-7-16-13(17-9(12)2)10-4-3-5-11(14)6-10/h3-8H,15H2,1-2H3/t8-/m0/s1. The number of benzene rings is 1. The van der Waals surface area contributed by atoms with Gasteiger partial charge in [-0.05, 0) is 26.0 Å². The fourth-order valence-corrected chi connectivity index (χ4v) is 1.69. The highest BCUT2D eigenvalue weighted by atomic mass is 19.1. The highest BCUT2D eigenvalue weighted by Crippen LogP contribution is 2.19. The van der Waals surface area contributed by atoms with Gasteiger partial charge >= 0.3 is 0 Å². The Labute approximate surface area is 99.5 Å². The highest BCUT2D eigenvalue weighted by Gasteiger charge is 2.08. The number of hydrogen-bond acceptors (Lipinski definition) is 3. The molecule has 1 heterocycles. The van der Waals surface area contributed by atoms with E-state index >= 15 is 0 Å². The Kier molecular flexibility index (Phi) is 3.15.